The molecule has 0 radical (unpaired) electrons. The Labute approximate surface area is 135 Å². The van der Waals surface area contributed by atoms with Crippen molar-refractivity contribution in [3.63, 3.8) is 0 Å². The first kappa shape index (κ1) is 17.0. The molecule has 2 rings (SSSR count). The monoisotopic (exact) mass is 319 g/mol. The average molecular weight is 319 g/mol. The highest BCUT2D eigenvalue weighted by Gasteiger charge is 2.32. The number of hydrogen-bond acceptors (Lipinski definition) is 5. The van der Waals surface area contributed by atoms with Crippen molar-refractivity contribution in [2.24, 2.45) is 0 Å². The van der Waals surface area contributed by atoms with Crippen LogP contribution in [0.15, 0.2) is 24.3 Å². The van der Waals surface area contributed by atoms with Gasteiger partial charge in [0.2, 0.25) is 11.9 Å². The molecule has 0 aliphatic heterocycles. The normalized spacial score (nSPS) is 15.7. The average Bonchev–Trinajstić information content (AvgIpc) is 3.04. The third-order valence-electron chi connectivity index (χ3n) is 3.84. The molecule has 1 fully saturated rings. The Morgan fingerprint density at radius 1 is 1.13 bits per heavy atom. The highest BCUT2D eigenvalue weighted by Crippen LogP contribution is 2.19. The number of ketones is 1. The molecule has 0 spiro atoms. The van der Waals surface area contributed by atoms with Crippen molar-refractivity contribution < 1.29 is 23.9 Å². The summed E-state index contributed by atoms with van der Waals surface area (Å²) in [6, 6.07) is 6.37. The fourth-order valence-corrected chi connectivity index (χ4v) is 2.65. The van der Waals surface area contributed by atoms with Crippen LogP contribution < -0.4 is 10.1 Å². The van der Waals surface area contributed by atoms with Crippen molar-refractivity contribution in [3.8, 4) is 5.75 Å². The molecular weight excluding hydrogens is 298 g/mol. The molecule has 1 atom stereocenters. The first-order valence-electron chi connectivity index (χ1n) is 7.67. The summed E-state index contributed by atoms with van der Waals surface area (Å²) in [5, 5.41) is 2.80. The highest BCUT2D eigenvalue weighted by molar-refractivity contribution is 6.13. The van der Waals surface area contributed by atoms with Gasteiger partial charge < -0.3 is 14.8 Å². The van der Waals surface area contributed by atoms with Crippen LogP contribution in [0.3, 0.4) is 0 Å². The summed E-state index contributed by atoms with van der Waals surface area (Å²) < 4.78 is 10.00. The molecule has 1 aliphatic rings. The van der Waals surface area contributed by atoms with E-state index in [2.05, 4.69) is 5.32 Å². The second-order valence-corrected chi connectivity index (χ2v) is 5.57. The molecule has 0 aromatic heterocycles. The van der Waals surface area contributed by atoms with Crippen molar-refractivity contribution in [1.82, 2.24) is 5.32 Å². The van der Waals surface area contributed by atoms with Gasteiger partial charge in [-0.2, -0.15) is 0 Å². The fourth-order valence-electron chi connectivity index (χ4n) is 2.65. The Morgan fingerprint density at radius 2 is 1.74 bits per heavy atom. The number of amides is 1. The van der Waals surface area contributed by atoms with Gasteiger partial charge >= 0.3 is 5.97 Å². The van der Waals surface area contributed by atoms with Gasteiger partial charge in [0.15, 0.2) is 0 Å². The predicted octanol–water partition coefficient (Wildman–Crippen LogP) is 1.87. The van der Waals surface area contributed by atoms with Crippen molar-refractivity contribution >= 4 is 17.7 Å². The summed E-state index contributed by atoms with van der Waals surface area (Å²) in [4.78, 5) is 36.1. The first-order chi connectivity index (χ1) is 11.0. The molecule has 0 saturated heterocycles. The first-order valence-corrected chi connectivity index (χ1v) is 7.67. The molecular formula is C17H21NO5. The number of nitrogens with one attached hydrogen (secondary N) is 1. The van der Waals surface area contributed by atoms with Crippen molar-refractivity contribution in [2.45, 2.75) is 44.8 Å². The largest absolute Gasteiger partial charge is 0.497 e. The molecule has 6 heteroatoms. The number of carbonyl (C=O) groups is 3. The van der Waals surface area contributed by atoms with E-state index in [1.807, 2.05) is 0 Å². The molecule has 0 heterocycles. The molecule has 1 aromatic rings. The molecule has 0 bridgehead atoms. The topological polar surface area (TPSA) is 81.7 Å². The van der Waals surface area contributed by atoms with E-state index in [-0.39, 0.29) is 6.04 Å². The SMILES string of the molecule is COc1ccc(C(=O)C(OC(C)=O)C(=O)NC2CCCC2)cc1. The van der Waals surface area contributed by atoms with Gasteiger partial charge in [-0.3, -0.25) is 14.4 Å². The van der Waals surface area contributed by atoms with Gasteiger partial charge in [-0.05, 0) is 37.1 Å². The third-order valence-corrected chi connectivity index (χ3v) is 3.84. The van der Waals surface area contributed by atoms with E-state index in [9.17, 15) is 14.4 Å². The summed E-state index contributed by atoms with van der Waals surface area (Å²) in [5.41, 5.74) is 0.290. The number of ether oxygens (including phenoxy) is 2. The van der Waals surface area contributed by atoms with Gasteiger partial charge in [0.1, 0.15) is 5.75 Å². The zero-order chi connectivity index (χ0) is 16.8. The van der Waals surface area contributed by atoms with Crippen LogP contribution in [0.1, 0.15) is 43.0 Å². The maximum atomic E-state index is 12.5. The van der Waals surface area contributed by atoms with E-state index in [0.29, 0.717) is 11.3 Å². The Bertz CT molecular complexity index is 575. The predicted molar refractivity (Wildman–Crippen MR) is 83.3 cm³/mol. The Morgan fingerprint density at radius 3 is 2.26 bits per heavy atom. The van der Waals surface area contributed by atoms with Crippen molar-refractivity contribution in [3.05, 3.63) is 29.8 Å². The van der Waals surface area contributed by atoms with Crippen LogP contribution in [0.5, 0.6) is 5.75 Å². The maximum absolute atomic E-state index is 12.5. The van der Waals surface area contributed by atoms with E-state index in [1.54, 1.807) is 24.3 Å². The second-order valence-electron chi connectivity index (χ2n) is 5.57. The minimum Gasteiger partial charge on any atom is -0.497 e. The second kappa shape index (κ2) is 7.76. The lowest BCUT2D eigenvalue weighted by Gasteiger charge is -2.19. The van der Waals surface area contributed by atoms with Gasteiger partial charge in [-0.15, -0.1) is 0 Å². The smallest absolute Gasteiger partial charge is 0.303 e. The van der Waals surface area contributed by atoms with Crippen molar-refractivity contribution in [2.75, 3.05) is 7.11 Å². The van der Waals surface area contributed by atoms with Crippen LogP contribution in [-0.4, -0.2) is 36.9 Å². The summed E-state index contributed by atoms with van der Waals surface area (Å²) in [5.74, 6) is -1.18. The molecule has 1 aromatic carbocycles. The molecule has 1 unspecified atom stereocenters. The zero-order valence-electron chi connectivity index (χ0n) is 13.3. The van der Waals surface area contributed by atoms with Crippen LogP contribution in [0.25, 0.3) is 0 Å². The summed E-state index contributed by atoms with van der Waals surface area (Å²) in [6.45, 7) is 1.18. The number of esters is 1. The number of Topliss-reactive ketones (excluding diaryl/α,β-unsaturated/α-hetero) is 1. The quantitative estimate of drug-likeness (QED) is 0.492. The van der Waals surface area contributed by atoms with Crippen LogP contribution >= 0.6 is 0 Å². The summed E-state index contributed by atoms with van der Waals surface area (Å²) >= 11 is 0. The van der Waals surface area contributed by atoms with E-state index < -0.39 is 23.8 Å². The van der Waals surface area contributed by atoms with Crippen LogP contribution in [-0.2, 0) is 14.3 Å². The van der Waals surface area contributed by atoms with Gasteiger partial charge in [0.25, 0.3) is 5.91 Å². The van der Waals surface area contributed by atoms with Crippen LogP contribution in [0, 0.1) is 0 Å². The Hall–Kier alpha value is -2.37. The fraction of sp³-hybridized carbons (Fsp3) is 0.471. The minimum absolute atomic E-state index is 0.0456. The number of benzene rings is 1. The van der Waals surface area contributed by atoms with Crippen molar-refractivity contribution in [1.29, 1.82) is 0 Å². The van der Waals surface area contributed by atoms with Crippen LogP contribution in [0.2, 0.25) is 0 Å². The van der Waals surface area contributed by atoms with E-state index in [4.69, 9.17) is 9.47 Å². The van der Waals surface area contributed by atoms with E-state index >= 15 is 0 Å². The summed E-state index contributed by atoms with van der Waals surface area (Å²) in [6.07, 6.45) is 2.41. The lowest BCUT2D eigenvalue weighted by molar-refractivity contribution is -0.151. The molecule has 23 heavy (non-hydrogen) atoms. The number of rotatable bonds is 6. The lowest BCUT2D eigenvalue weighted by Crippen LogP contribution is -2.46. The molecule has 124 valence electrons. The lowest BCUT2D eigenvalue weighted by atomic mass is 10.0. The standard InChI is InChI=1S/C17H21NO5/c1-11(19)23-16(17(21)18-13-5-3-4-6-13)15(20)12-7-9-14(22-2)10-8-12/h7-10,13,16H,3-6H2,1-2H3,(H,18,21). The van der Waals surface area contributed by atoms with Gasteiger partial charge in [0.05, 0.1) is 7.11 Å². The Kier molecular flexibility index (Phi) is 5.73. The highest BCUT2D eigenvalue weighted by atomic mass is 16.5. The van der Waals surface area contributed by atoms with Crippen LogP contribution in [0.4, 0.5) is 0 Å². The zero-order valence-corrected chi connectivity index (χ0v) is 13.3. The number of carbonyl (C=O) groups excluding carboxylic acids is 3. The Balaban J connectivity index is 2.13. The third kappa shape index (κ3) is 4.55. The maximum Gasteiger partial charge on any atom is 0.303 e. The number of methoxy groups -OCH3 is 1. The molecule has 1 amide bonds. The minimum atomic E-state index is -1.46. The number of hydrogen-bond donors (Lipinski definition) is 1. The molecule has 1 saturated carbocycles. The van der Waals surface area contributed by atoms with E-state index in [1.165, 1.54) is 14.0 Å². The molecule has 1 N–H and O–H groups in total. The van der Waals surface area contributed by atoms with E-state index in [0.717, 1.165) is 25.7 Å². The molecule has 6 nitrogen and oxygen atoms in total. The molecule has 1 aliphatic carbocycles. The van der Waals surface area contributed by atoms with Gasteiger partial charge in [-0.1, -0.05) is 12.8 Å². The van der Waals surface area contributed by atoms with Gasteiger partial charge in [0, 0.05) is 18.5 Å². The summed E-state index contributed by atoms with van der Waals surface area (Å²) in [7, 11) is 1.52. The van der Waals surface area contributed by atoms with Gasteiger partial charge in [-0.25, -0.2) is 0 Å².